The molecule has 0 spiro atoms. The van der Waals surface area contributed by atoms with Gasteiger partial charge in [0.25, 0.3) is 0 Å². The van der Waals surface area contributed by atoms with Crippen LogP contribution in [0.1, 0.15) is 5.82 Å². The number of sulfonamides is 1. The fourth-order valence-corrected chi connectivity index (χ4v) is 1.64. The van der Waals surface area contributed by atoms with E-state index in [0.29, 0.717) is 0 Å². The number of aromatic nitrogens is 2. The SMILES string of the molecule is CS(=O)(=O)NCCNc1cc(NN)nc(C(F)(F)F)n1. The zero-order valence-corrected chi connectivity index (χ0v) is 11.1. The van der Waals surface area contributed by atoms with Gasteiger partial charge in [0.2, 0.25) is 15.8 Å². The molecule has 0 saturated heterocycles. The molecule has 20 heavy (non-hydrogen) atoms. The average Bonchev–Trinajstić information content (AvgIpc) is 2.32. The first-order chi connectivity index (χ1) is 9.12. The van der Waals surface area contributed by atoms with E-state index >= 15 is 0 Å². The van der Waals surface area contributed by atoms with Crippen LogP contribution in [0.3, 0.4) is 0 Å². The molecule has 0 aliphatic heterocycles. The molecule has 1 aromatic heterocycles. The normalized spacial score (nSPS) is 12.2. The Balaban J connectivity index is 2.75. The van der Waals surface area contributed by atoms with E-state index in [-0.39, 0.29) is 24.7 Å². The molecular formula is C8H13F3N6O2S. The molecular weight excluding hydrogens is 301 g/mol. The number of alkyl halides is 3. The second kappa shape index (κ2) is 6.19. The van der Waals surface area contributed by atoms with Crippen molar-refractivity contribution in [3.8, 4) is 0 Å². The van der Waals surface area contributed by atoms with Crippen LogP contribution < -0.4 is 21.3 Å². The van der Waals surface area contributed by atoms with E-state index in [0.717, 1.165) is 12.3 Å². The van der Waals surface area contributed by atoms with E-state index in [4.69, 9.17) is 5.84 Å². The van der Waals surface area contributed by atoms with Gasteiger partial charge in [0.1, 0.15) is 11.6 Å². The smallest absolute Gasteiger partial charge is 0.369 e. The van der Waals surface area contributed by atoms with Gasteiger partial charge in [-0.15, -0.1) is 0 Å². The van der Waals surface area contributed by atoms with Gasteiger partial charge >= 0.3 is 6.18 Å². The minimum atomic E-state index is -4.71. The van der Waals surface area contributed by atoms with Crippen LogP contribution >= 0.6 is 0 Å². The highest BCUT2D eigenvalue weighted by atomic mass is 32.2. The summed E-state index contributed by atoms with van der Waals surface area (Å²) in [5.74, 6) is 3.31. The van der Waals surface area contributed by atoms with Crippen molar-refractivity contribution in [3.05, 3.63) is 11.9 Å². The number of nitrogens with one attached hydrogen (secondary N) is 3. The molecule has 0 aliphatic rings. The molecule has 0 unspecified atom stereocenters. The number of nitrogen functional groups attached to an aromatic ring is 1. The number of nitrogens with two attached hydrogens (primary N) is 1. The highest BCUT2D eigenvalue weighted by Gasteiger charge is 2.35. The Kier molecular flexibility index (Phi) is 5.08. The molecule has 0 bridgehead atoms. The van der Waals surface area contributed by atoms with Gasteiger partial charge in [0, 0.05) is 19.2 Å². The lowest BCUT2D eigenvalue weighted by atomic mass is 10.4. The van der Waals surface area contributed by atoms with Gasteiger partial charge in [-0.1, -0.05) is 0 Å². The molecule has 5 N–H and O–H groups in total. The Labute approximate surface area is 113 Å². The predicted octanol–water partition coefficient (Wildman–Crippen LogP) is -0.258. The minimum Gasteiger partial charge on any atom is -0.369 e. The number of nitrogens with zero attached hydrogens (tertiary/aromatic N) is 2. The Bertz CT molecular complexity index is 562. The highest BCUT2D eigenvalue weighted by molar-refractivity contribution is 7.88. The molecule has 0 radical (unpaired) electrons. The number of rotatable bonds is 6. The summed E-state index contributed by atoms with van der Waals surface area (Å²) in [6.07, 6.45) is -3.75. The summed E-state index contributed by atoms with van der Waals surface area (Å²) in [5, 5.41) is 2.53. The molecule has 1 aromatic rings. The van der Waals surface area contributed by atoms with Crippen molar-refractivity contribution in [2.24, 2.45) is 5.84 Å². The summed E-state index contributed by atoms with van der Waals surface area (Å²) in [4.78, 5) is 6.43. The molecule has 0 saturated carbocycles. The van der Waals surface area contributed by atoms with E-state index in [1.54, 1.807) is 0 Å². The molecule has 0 fully saturated rings. The van der Waals surface area contributed by atoms with E-state index in [9.17, 15) is 21.6 Å². The summed E-state index contributed by atoms with van der Waals surface area (Å²) in [5.41, 5.74) is 1.99. The monoisotopic (exact) mass is 314 g/mol. The second-order valence-electron chi connectivity index (χ2n) is 3.70. The number of anilines is 2. The molecule has 0 amide bonds. The molecule has 114 valence electrons. The van der Waals surface area contributed by atoms with Crippen LogP contribution in [0.4, 0.5) is 24.8 Å². The summed E-state index contributed by atoms with van der Waals surface area (Å²) >= 11 is 0. The van der Waals surface area contributed by atoms with Gasteiger partial charge < -0.3 is 10.7 Å². The molecule has 0 aliphatic carbocycles. The predicted molar refractivity (Wildman–Crippen MR) is 66.2 cm³/mol. The number of hydrogen-bond acceptors (Lipinski definition) is 7. The van der Waals surface area contributed by atoms with Gasteiger partial charge in [-0.05, 0) is 0 Å². The van der Waals surface area contributed by atoms with Gasteiger partial charge in [0.15, 0.2) is 0 Å². The van der Waals surface area contributed by atoms with Crippen molar-refractivity contribution in [1.82, 2.24) is 14.7 Å². The lowest BCUT2D eigenvalue weighted by Crippen LogP contribution is -2.28. The van der Waals surface area contributed by atoms with Crippen molar-refractivity contribution in [2.45, 2.75) is 6.18 Å². The first kappa shape index (κ1) is 16.4. The maximum Gasteiger partial charge on any atom is 0.451 e. The van der Waals surface area contributed by atoms with Crippen molar-refractivity contribution in [1.29, 1.82) is 0 Å². The summed E-state index contributed by atoms with van der Waals surface area (Å²) in [6, 6.07) is 1.16. The Morgan fingerprint density at radius 2 is 1.85 bits per heavy atom. The fourth-order valence-electron chi connectivity index (χ4n) is 1.17. The topological polar surface area (TPSA) is 122 Å². The fraction of sp³-hybridized carbons (Fsp3) is 0.500. The average molecular weight is 314 g/mol. The third kappa shape index (κ3) is 5.54. The van der Waals surface area contributed by atoms with Crippen molar-refractivity contribution in [2.75, 3.05) is 30.1 Å². The zero-order chi connectivity index (χ0) is 15.4. The van der Waals surface area contributed by atoms with Gasteiger partial charge in [-0.2, -0.15) is 13.2 Å². The van der Waals surface area contributed by atoms with Gasteiger partial charge in [-0.25, -0.2) is 29.0 Å². The third-order valence-corrected chi connectivity index (χ3v) is 2.65. The van der Waals surface area contributed by atoms with Crippen LogP contribution in [0.25, 0.3) is 0 Å². The summed E-state index contributed by atoms with van der Waals surface area (Å²) in [6.45, 7) is 0.0426. The maximum atomic E-state index is 12.5. The van der Waals surface area contributed by atoms with E-state index in [1.807, 2.05) is 5.43 Å². The minimum absolute atomic E-state index is 0.00439. The van der Waals surface area contributed by atoms with Crippen LogP contribution in [0.15, 0.2) is 6.07 Å². The summed E-state index contributed by atoms with van der Waals surface area (Å²) in [7, 11) is -3.36. The Morgan fingerprint density at radius 1 is 1.25 bits per heavy atom. The highest BCUT2D eigenvalue weighted by Crippen LogP contribution is 2.27. The Hall–Kier alpha value is -1.66. The van der Waals surface area contributed by atoms with Crippen LogP contribution in [-0.2, 0) is 16.2 Å². The van der Waals surface area contributed by atoms with E-state index < -0.39 is 22.0 Å². The largest absolute Gasteiger partial charge is 0.451 e. The van der Waals surface area contributed by atoms with Crippen molar-refractivity contribution < 1.29 is 21.6 Å². The van der Waals surface area contributed by atoms with Crippen LogP contribution in [-0.4, -0.2) is 37.7 Å². The first-order valence-electron chi connectivity index (χ1n) is 5.23. The molecule has 0 atom stereocenters. The van der Waals surface area contributed by atoms with Crippen LogP contribution in [0.5, 0.6) is 0 Å². The van der Waals surface area contributed by atoms with Crippen molar-refractivity contribution >= 4 is 21.7 Å². The molecule has 1 heterocycles. The molecule has 8 nitrogen and oxygen atoms in total. The lowest BCUT2D eigenvalue weighted by Gasteiger charge is -2.11. The number of hydrazine groups is 1. The lowest BCUT2D eigenvalue weighted by molar-refractivity contribution is -0.144. The molecule has 0 aromatic carbocycles. The van der Waals surface area contributed by atoms with Crippen LogP contribution in [0.2, 0.25) is 0 Å². The van der Waals surface area contributed by atoms with Gasteiger partial charge in [-0.3, -0.25) is 0 Å². The standard InChI is InChI=1S/C8H13F3N6O2S/c1-20(18,19)14-3-2-13-5-4-6(17-12)16-7(15-5)8(9,10)11/h4,14H,2-3,12H2,1H3,(H2,13,15,16,17). The zero-order valence-electron chi connectivity index (χ0n) is 10.3. The van der Waals surface area contributed by atoms with E-state index in [1.165, 1.54) is 0 Å². The third-order valence-electron chi connectivity index (χ3n) is 1.92. The Morgan fingerprint density at radius 3 is 2.35 bits per heavy atom. The first-order valence-corrected chi connectivity index (χ1v) is 7.12. The van der Waals surface area contributed by atoms with E-state index in [2.05, 4.69) is 20.0 Å². The van der Waals surface area contributed by atoms with Crippen molar-refractivity contribution in [3.63, 3.8) is 0 Å². The molecule has 12 heteroatoms. The maximum absolute atomic E-state index is 12.5. The quantitative estimate of drug-likeness (QED) is 0.324. The second-order valence-corrected chi connectivity index (χ2v) is 5.53. The number of hydrogen-bond donors (Lipinski definition) is 4. The number of halogens is 3. The summed E-state index contributed by atoms with van der Waals surface area (Å²) < 4.78 is 61.3. The van der Waals surface area contributed by atoms with Gasteiger partial charge in [0.05, 0.1) is 6.26 Å². The van der Waals surface area contributed by atoms with Crippen LogP contribution in [0, 0.1) is 0 Å². The molecule has 1 rings (SSSR count).